The molecule has 0 bridgehead atoms. The Balaban J connectivity index is 3.35. The maximum Gasteiger partial charge on any atom is 0.165 e. The van der Waals surface area contributed by atoms with Crippen LogP contribution in [-0.4, -0.2) is 12.2 Å². The highest BCUT2D eigenvalue weighted by Gasteiger charge is 2.16. The Kier molecular flexibility index (Phi) is 3.12. The van der Waals surface area contributed by atoms with E-state index in [9.17, 15) is 9.50 Å². The molecule has 1 aromatic rings. The maximum atomic E-state index is 13.1. The van der Waals surface area contributed by atoms with Crippen molar-refractivity contribution in [2.75, 3.05) is 7.11 Å². The van der Waals surface area contributed by atoms with Gasteiger partial charge in [-0.2, -0.15) is 0 Å². The van der Waals surface area contributed by atoms with Crippen molar-refractivity contribution in [3.63, 3.8) is 0 Å². The van der Waals surface area contributed by atoms with Crippen molar-refractivity contribution >= 4 is 11.6 Å². The van der Waals surface area contributed by atoms with E-state index in [0.717, 1.165) is 0 Å². The second kappa shape index (κ2) is 3.94. The lowest BCUT2D eigenvalue weighted by atomic mass is 10.1. The molecule has 0 spiro atoms. The minimum Gasteiger partial charge on any atom is -0.493 e. The predicted molar refractivity (Wildman–Crippen MR) is 48.6 cm³/mol. The maximum absolute atomic E-state index is 13.1. The summed E-state index contributed by atoms with van der Waals surface area (Å²) in [6.45, 7) is 1.50. The van der Waals surface area contributed by atoms with Gasteiger partial charge >= 0.3 is 0 Å². The monoisotopic (exact) mass is 204 g/mol. The molecule has 2 nitrogen and oxygen atoms in total. The normalized spacial score (nSPS) is 12.7. The average Bonchev–Trinajstić information content (AvgIpc) is 2.07. The summed E-state index contributed by atoms with van der Waals surface area (Å²) < 4.78 is 17.9. The molecule has 72 valence electrons. The zero-order chi connectivity index (χ0) is 10.0. The molecule has 1 atom stereocenters. The summed E-state index contributed by atoms with van der Waals surface area (Å²) in [7, 11) is 1.33. The van der Waals surface area contributed by atoms with E-state index >= 15 is 0 Å². The Morgan fingerprint density at radius 3 is 2.54 bits per heavy atom. The molecule has 0 aliphatic carbocycles. The molecule has 0 aliphatic heterocycles. The topological polar surface area (TPSA) is 29.5 Å². The zero-order valence-corrected chi connectivity index (χ0v) is 8.10. The van der Waals surface area contributed by atoms with Gasteiger partial charge in [-0.05, 0) is 19.1 Å². The lowest BCUT2D eigenvalue weighted by Gasteiger charge is -2.13. The third-order valence-electron chi connectivity index (χ3n) is 1.72. The van der Waals surface area contributed by atoms with Crippen molar-refractivity contribution in [3.8, 4) is 5.75 Å². The highest BCUT2D eigenvalue weighted by atomic mass is 35.5. The number of aliphatic hydroxyl groups excluding tert-OH is 1. The van der Waals surface area contributed by atoms with Crippen molar-refractivity contribution in [2.24, 2.45) is 0 Å². The molecule has 0 saturated carbocycles. The third-order valence-corrected chi connectivity index (χ3v) is 2.05. The van der Waals surface area contributed by atoms with E-state index in [0.29, 0.717) is 5.02 Å². The first-order valence-corrected chi connectivity index (χ1v) is 4.15. The van der Waals surface area contributed by atoms with Crippen LogP contribution in [0.5, 0.6) is 5.75 Å². The number of aliphatic hydroxyl groups is 1. The Hall–Kier alpha value is -0.800. The fourth-order valence-electron chi connectivity index (χ4n) is 1.15. The van der Waals surface area contributed by atoms with Crippen molar-refractivity contribution in [3.05, 3.63) is 28.5 Å². The molecule has 1 aromatic carbocycles. The van der Waals surface area contributed by atoms with Crippen molar-refractivity contribution < 1.29 is 14.2 Å². The standard InChI is InChI=1S/C9H10ClFO2/c1-5(12)8-6(10)3-4-7(11)9(8)13-2/h3-5,12H,1-2H3. The number of methoxy groups -OCH3 is 1. The van der Waals surface area contributed by atoms with Gasteiger partial charge in [-0.25, -0.2) is 4.39 Å². The first-order valence-electron chi connectivity index (χ1n) is 3.78. The molecule has 4 heteroatoms. The number of benzene rings is 1. The van der Waals surface area contributed by atoms with Crippen molar-refractivity contribution in [1.82, 2.24) is 0 Å². The SMILES string of the molecule is COc1c(F)ccc(Cl)c1C(C)O. The minimum atomic E-state index is -0.849. The highest BCUT2D eigenvalue weighted by molar-refractivity contribution is 6.31. The number of hydrogen-bond acceptors (Lipinski definition) is 2. The first kappa shape index (κ1) is 10.3. The van der Waals surface area contributed by atoms with Gasteiger partial charge in [-0.1, -0.05) is 11.6 Å². The minimum absolute atomic E-state index is 0.00231. The van der Waals surface area contributed by atoms with Crippen LogP contribution in [0.3, 0.4) is 0 Å². The molecular weight excluding hydrogens is 195 g/mol. The number of rotatable bonds is 2. The summed E-state index contributed by atoms with van der Waals surface area (Å²) in [4.78, 5) is 0. The van der Waals surface area contributed by atoms with E-state index in [1.54, 1.807) is 0 Å². The quantitative estimate of drug-likeness (QED) is 0.802. The van der Waals surface area contributed by atoms with Gasteiger partial charge in [0.1, 0.15) is 0 Å². The van der Waals surface area contributed by atoms with Gasteiger partial charge in [0, 0.05) is 5.56 Å². The van der Waals surface area contributed by atoms with Crippen LogP contribution < -0.4 is 4.74 Å². The smallest absolute Gasteiger partial charge is 0.165 e. The summed E-state index contributed by atoms with van der Waals surface area (Å²) in [5.74, 6) is -0.523. The van der Waals surface area contributed by atoms with Gasteiger partial charge in [-0.15, -0.1) is 0 Å². The Morgan fingerprint density at radius 1 is 1.54 bits per heavy atom. The van der Waals surface area contributed by atoms with Gasteiger partial charge in [0.2, 0.25) is 0 Å². The molecule has 0 aliphatic rings. The van der Waals surface area contributed by atoms with Crippen LogP contribution in [0.15, 0.2) is 12.1 Å². The first-order chi connectivity index (χ1) is 6.07. The van der Waals surface area contributed by atoms with E-state index in [-0.39, 0.29) is 11.3 Å². The summed E-state index contributed by atoms with van der Waals surface area (Å²) in [5, 5.41) is 9.61. The zero-order valence-electron chi connectivity index (χ0n) is 7.34. The van der Waals surface area contributed by atoms with Crippen molar-refractivity contribution in [1.29, 1.82) is 0 Å². The Morgan fingerprint density at radius 2 is 2.15 bits per heavy atom. The van der Waals surface area contributed by atoms with Gasteiger partial charge in [0.25, 0.3) is 0 Å². The van der Waals surface area contributed by atoms with Gasteiger partial charge in [0.15, 0.2) is 11.6 Å². The second-order valence-electron chi connectivity index (χ2n) is 2.65. The van der Waals surface area contributed by atoms with Crippen LogP contribution in [0, 0.1) is 5.82 Å². The van der Waals surface area contributed by atoms with Crippen molar-refractivity contribution in [2.45, 2.75) is 13.0 Å². The third kappa shape index (κ3) is 1.92. The molecule has 0 amide bonds. The molecule has 0 aromatic heterocycles. The lowest BCUT2D eigenvalue weighted by molar-refractivity contribution is 0.193. The molecule has 1 N–H and O–H groups in total. The molecule has 0 saturated heterocycles. The van der Waals surface area contributed by atoms with Gasteiger partial charge < -0.3 is 9.84 Å². The molecular formula is C9H10ClFO2. The number of ether oxygens (including phenoxy) is 1. The Bertz CT molecular complexity index is 313. The van der Waals surface area contributed by atoms with Gasteiger partial charge in [-0.3, -0.25) is 0 Å². The molecule has 0 radical (unpaired) electrons. The van der Waals surface area contributed by atoms with Gasteiger partial charge in [0.05, 0.1) is 18.2 Å². The molecule has 0 heterocycles. The summed E-state index contributed by atoms with van der Waals surface area (Å²) >= 11 is 5.77. The van der Waals surface area contributed by atoms with Crippen LogP contribution in [0.25, 0.3) is 0 Å². The van der Waals surface area contributed by atoms with Crippen LogP contribution in [-0.2, 0) is 0 Å². The number of halogens is 2. The predicted octanol–water partition coefficient (Wildman–Crippen LogP) is 2.54. The van der Waals surface area contributed by atoms with Crippen LogP contribution in [0.2, 0.25) is 5.02 Å². The van der Waals surface area contributed by atoms with E-state index in [4.69, 9.17) is 16.3 Å². The van der Waals surface area contributed by atoms with Crippen LogP contribution in [0.4, 0.5) is 4.39 Å². The number of hydrogen-bond donors (Lipinski definition) is 1. The van der Waals surface area contributed by atoms with Crippen LogP contribution >= 0.6 is 11.6 Å². The summed E-state index contributed by atoms with van der Waals surface area (Å²) in [5.41, 5.74) is 0.282. The molecule has 0 fully saturated rings. The Labute approximate surface area is 80.9 Å². The van der Waals surface area contributed by atoms with E-state index in [1.807, 2.05) is 0 Å². The lowest BCUT2D eigenvalue weighted by Crippen LogP contribution is -2.00. The molecule has 1 rings (SSSR count). The molecule has 13 heavy (non-hydrogen) atoms. The largest absolute Gasteiger partial charge is 0.493 e. The van der Waals surface area contributed by atoms with Crippen LogP contribution in [0.1, 0.15) is 18.6 Å². The summed E-state index contributed by atoms with van der Waals surface area (Å²) in [6, 6.07) is 2.59. The highest BCUT2D eigenvalue weighted by Crippen LogP contribution is 2.33. The van der Waals surface area contributed by atoms with E-state index in [1.165, 1.54) is 26.2 Å². The fourth-order valence-corrected chi connectivity index (χ4v) is 1.45. The second-order valence-corrected chi connectivity index (χ2v) is 3.06. The average molecular weight is 205 g/mol. The van der Waals surface area contributed by atoms with E-state index in [2.05, 4.69) is 0 Å². The summed E-state index contributed by atoms with van der Waals surface area (Å²) in [6.07, 6.45) is -0.849. The fraction of sp³-hybridized carbons (Fsp3) is 0.333. The van der Waals surface area contributed by atoms with E-state index < -0.39 is 11.9 Å². The molecule has 1 unspecified atom stereocenters.